The number of imide groups is 1. The number of benzene rings is 2. The van der Waals surface area contributed by atoms with E-state index in [2.05, 4.69) is 21.2 Å². The van der Waals surface area contributed by atoms with Gasteiger partial charge in [-0.15, -0.1) is 0 Å². The largest absolute Gasteiger partial charge is 0.452 e. The first-order valence-electron chi connectivity index (χ1n) is 11.2. The number of nitrogens with one attached hydrogen (secondary N) is 1. The molecule has 4 atom stereocenters. The predicted molar refractivity (Wildman–Crippen MR) is 130 cm³/mol. The fraction of sp³-hybridized carbons (Fsp3) is 0.360. The van der Waals surface area contributed by atoms with E-state index in [4.69, 9.17) is 16.3 Å². The monoisotopic (exact) mass is 544 g/mol. The lowest BCUT2D eigenvalue weighted by Crippen LogP contribution is -2.32. The van der Waals surface area contributed by atoms with E-state index < -0.39 is 18.5 Å². The molecule has 2 saturated carbocycles. The molecule has 176 valence electrons. The van der Waals surface area contributed by atoms with Crippen molar-refractivity contribution in [2.45, 2.75) is 26.2 Å². The van der Waals surface area contributed by atoms with E-state index in [0.717, 1.165) is 19.3 Å². The molecule has 3 fully saturated rings. The van der Waals surface area contributed by atoms with Crippen LogP contribution in [0.2, 0.25) is 5.02 Å². The molecule has 7 nitrogen and oxygen atoms in total. The molecule has 2 aromatic rings. The van der Waals surface area contributed by atoms with Crippen LogP contribution in [0.5, 0.6) is 0 Å². The zero-order valence-electron chi connectivity index (χ0n) is 18.3. The number of carbonyl (C=O) groups is 4. The van der Waals surface area contributed by atoms with Gasteiger partial charge in [0, 0.05) is 10.2 Å². The maximum absolute atomic E-state index is 13.0. The lowest BCUT2D eigenvalue weighted by atomic mass is 9.81. The molecule has 0 aromatic heterocycles. The molecule has 0 unspecified atom stereocenters. The van der Waals surface area contributed by atoms with Crippen LogP contribution in [0, 0.1) is 30.6 Å². The summed E-state index contributed by atoms with van der Waals surface area (Å²) in [7, 11) is 0. The second kappa shape index (κ2) is 8.82. The van der Waals surface area contributed by atoms with Gasteiger partial charge in [0.05, 0.1) is 28.1 Å². The first kappa shape index (κ1) is 23.1. The molecule has 3 amide bonds. The van der Waals surface area contributed by atoms with Crippen molar-refractivity contribution < 1.29 is 23.9 Å². The Labute approximate surface area is 209 Å². The van der Waals surface area contributed by atoms with E-state index in [9.17, 15) is 19.2 Å². The summed E-state index contributed by atoms with van der Waals surface area (Å²) in [5.74, 6) is -1.20. The Balaban J connectivity index is 1.20. The van der Waals surface area contributed by atoms with Gasteiger partial charge in [-0.3, -0.25) is 19.3 Å². The number of hydrogen-bond acceptors (Lipinski definition) is 5. The number of ether oxygens (including phenoxy) is 1. The van der Waals surface area contributed by atoms with Crippen LogP contribution in [-0.4, -0.2) is 30.3 Å². The summed E-state index contributed by atoms with van der Waals surface area (Å²) < 4.78 is 5.84. The summed E-state index contributed by atoms with van der Waals surface area (Å²) in [4.78, 5) is 51.8. The number of nitrogens with zero attached hydrogens (tertiary/aromatic N) is 1. The van der Waals surface area contributed by atoms with Crippen LogP contribution in [0.3, 0.4) is 0 Å². The molecule has 1 N–H and O–H groups in total. The Bertz CT molecular complexity index is 1190. The number of halogens is 2. The van der Waals surface area contributed by atoms with Crippen molar-refractivity contribution in [2.24, 2.45) is 23.7 Å². The molecule has 2 aliphatic carbocycles. The van der Waals surface area contributed by atoms with Gasteiger partial charge < -0.3 is 10.1 Å². The Morgan fingerprint density at radius 2 is 1.68 bits per heavy atom. The molecule has 5 rings (SSSR count). The van der Waals surface area contributed by atoms with Crippen LogP contribution in [0.15, 0.2) is 40.9 Å². The molecular weight excluding hydrogens is 524 g/mol. The first-order valence-corrected chi connectivity index (χ1v) is 12.3. The number of anilines is 2. The minimum Gasteiger partial charge on any atom is -0.452 e. The van der Waals surface area contributed by atoms with Crippen molar-refractivity contribution in [2.75, 3.05) is 16.8 Å². The number of rotatable bonds is 5. The molecular formula is C25H22BrClN2O5. The van der Waals surface area contributed by atoms with Crippen LogP contribution in [-0.2, 0) is 19.1 Å². The van der Waals surface area contributed by atoms with Crippen molar-refractivity contribution in [3.05, 3.63) is 57.0 Å². The van der Waals surface area contributed by atoms with Crippen LogP contribution in [0.1, 0.15) is 35.2 Å². The minimum absolute atomic E-state index is 0.127. The average Bonchev–Trinajstić information content (AvgIpc) is 3.51. The van der Waals surface area contributed by atoms with E-state index in [1.807, 2.05) is 0 Å². The van der Waals surface area contributed by atoms with Crippen LogP contribution < -0.4 is 10.2 Å². The minimum atomic E-state index is -0.679. The van der Waals surface area contributed by atoms with Gasteiger partial charge in [0.15, 0.2) is 6.61 Å². The van der Waals surface area contributed by atoms with E-state index in [1.165, 1.54) is 17.0 Å². The molecule has 2 aromatic carbocycles. The van der Waals surface area contributed by atoms with E-state index >= 15 is 0 Å². The number of hydrogen-bond donors (Lipinski definition) is 1. The summed E-state index contributed by atoms with van der Waals surface area (Å²) in [5.41, 5.74) is 1.89. The second-order valence-corrected chi connectivity index (χ2v) is 10.3. The quantitative estimate of drug-likeness (QED) is 0.433. The Morgan fingerprint density at radius 1 is 1.06 bits per heavy atom. The van der Waals surface area contributed by atoms with Crippen molar-refractivity contribution in [3.63, 3.8) is 0 Å². The number of amides is 3. The maximum atomic E-state index is 13.0. The molecule has 1 saturated heterocycles. The van der Waals surface area contributed by atoms with Gasteiger partial charge in [0.2, 0.25) is 11.8 Å². The van der Waals surface area contributed by atoms with Gasteiger partial charge in [-0.1, -0.05) is 11.6 Å². The lowest BCUT2D eigenvalue weighted by Gasteiger charge is -2.19. The standard InChI is InChI=1S/C25H22BrClN2O5/c1-12-18(9-8-17(26)22(12)27)28-19(30)11-34-25(33)13-4-6-16(7-5-13)29-23(31)20-14-2-3-15(10-14)21(20)24(29)32/h4-9,14-15,20-21H,2-3,10-11H2,1H3,(H,28,30)/t14-,15-,20-,21+/m0/s1. The normalized spacial score (nSPS) is 25.0. The Kier molecular flexibility index (Phi) is 5.98. The summed E-state index contributed by atoms with van der Waals surface area (Å²) in [6, 6.07) is 9.55. The SMILES string of the molecule is Cc1c(NC(=O)COC(=O)c2ccc(N3C(=O)[C@@H]4[C@H]5CC[C@@H](C5)[C@@H]4C3=O)cc2)ccc(Br)c1Cl. The van der Waals surface area contributed by atoms with Crippen LogP contribution in [0.25, 0.3) is 0 Å². The molecule has 0 spiro atoms. The molecule has 0 radical (unpaired) electrons. The van der Waals surface area contributed by atoms with Gasteiger partial charge in [0.1, 0.15) is 0 Å². The summed E-state index contributed by atoms with van der Waals surface area (Å²) in [6.45, 7) is 1.30. The molecule has 3 aliphatic rings. The molecule has 1 heterocycles. The highest BCUT2D eigenvalue weighted by atomic mass is 79.9. The van der Waals surface area contributed by atoms with Crippen molar-refractivity contribution >= 4 is 62.6 Å². The van der Waals surface area contributed by atoms with E-state index in [0.29, 0.717) is 38.3 Å². The fourth-order valence-electron chi connectivity index (χ4n) is 5.60. The third-order valence-electron chi connectivity index (χ3n) is 7.24. The van der Waals surface area contributed by atoms with Gasteiger partial charge in [-0.05, 0) is 95.9 Å². The molecule has 9 heteroatoms. The van der Waals surface area contributed by atoms with Gasteiger partial charge in [-0.2, -0.15) is 0 Å². The average molecular weight is 546 g/mol. The smallest absolute Gasteiger partial charge is 0.338 e. The summed E-state index contributed by atoms with van der Waals surface area (Å²) >= 11 is 9.49. The van der Waals surface area contributed by atoms with Crippen LogP contribution in [0.4, 0.5) is 11.4 Å². The van der Waals surface area contributed by atoms with E-state index in [1.54, 1.807) is 31.2 Å². The summed E-state index contributed by atoms with van der Waals surface area (Å²) in [6.07, 6.45) is 3.02. The van der Waals surface area contributed by atoms with Gasteiger partial charge >= 0.3 is 5.97 Å². The zero-order chi connectivity index (χ0) is 24.1. The zero-order valence-corrected chi connectivity index (χ0v) is 20.7. The third-order valence-corrected chi connectivity index (χ3v) is 8.61. The molecule has 34 heavy (non-hydrogen) atoms. The van der Waals surface area contributed by atoms with Crippen molar-refractivity contribution in [1.29, 1.82) is 0 Å². The number of esters is 1. The number of fused-ring (bicyclic) bond motifs is 5. The Hall–Kier alpha value is -2.71. The maximum Gasteiger partial charge on any atom is 0.338 e. The first-order chi connectivity index (χ1) is 16.3. The van der Waals surface area contributed by atoms with Gasteiger partial charge in [0.25, 0.3) is 5.91 Å². The third kappa shape index (κ3) is 3.82. The lowest BCUT2D eigenvalue weighted by molar-refractivity contribution is -0.123. The highest BCUT2D eigenvalue weighted by Gasteiger charge is 2.61. The van der Waals surface area contributed by atoms with Crippen molar-refractivity contribution in [3.8, 4) is 0 Å². The van der Waals surface area contributed by atoms with Crippen LogP contribution >= 0.6 is 27.5 Å². The molecule has 2 bridgehead atoms. The topological polar surface area (TPSA) is 92.8 Å². The molecule has 1 aliphatic heterocycles. The highest BCUT2D eigenvalue weighted by molar-refractivity contribution is 9.10. The fourth-order valence-corrected chi connectivity index (χ4v) is 6.19. The van der Waals surface area contributed by atoms with E-state index in [-0.39, 0.29) is 29.2 Å². The van der Waals surface area contributed by atoms with Gasteiger partial charge in [-0.25, -0.2) is 4.79 Å². The second-order valence-electron chi connectivity index (χ2n) is 9.10. The highest BCUT2D eigenvalue weighted by Crippen LogP contribution is 2.56. The Morgan fingerprint density at radius 3 is 2.29 bits per heavy atom. The van der Waals surface area contributed by atoms with Crippen molar-refractivity contribution in [1.82, 2.24) is 0 Å². The summed E-state index contributed by atoms with van der Waals surface area (Å²) in [5, 5.41) is 3.16. The number of carbonyl (C=O) groups excluding carboxylic acids is 4. The predicted octanol–water partition coefficient (Wildman–Crippen LogP) is 4.74.